The van der Waals surface area contributed by atoms with Crippen LogP contribution in [0.3, 0.4) is 0 Å². The highest BCUT2D eigenvalue weighted by Crippen LogP contribution is 2.17. The Bertz CT molecular complexity index is 935. The number of carbonyl (C=O) groups excluding carboxylic acids is 2. The maximum atomic E-state index is 12.4. The lowest BCUT2D eigenvalue weighted by atomic mass is 10.1. The molecule has 0 aliphatic rings. The molecule has 8 heteroatoms. The van der Waals surface area contributed by atoms with E-state index in [4.69, 9.17) is 0 Å². The molecule has 3 rings (SSSR count). The molecular formula is C19H18BrN5O2. The lowest BCUT2D eigenvalue weighted by molar-refractivity contribution is -0.116. The molecule has 0 spiro atoms. The molecule has 0 unspecified atom stereocenters. The van der Waals surface area contributed by atoms with Crippen LogP contribution in [0.2, 0.25) is 0 Å². The topological polar surface area (TPSA) is 89.8 Å². The molecule has 2 aromatic carbocycles. The Kier molecular flexibility index (Phi) is 6.08. The summed E-state index contributed by atoms with van der Waals surface area (Å²) >= 11 is 3.38. The van der Waals surface area contributed by atoms with Crippen molar-refractivity contribution in [1.29, 1.82) is 0 Å². The van der Waals surface area contributed by atoms with Crippen LogP contribution in [0.4, 0.5) is 5.69 Å². The number of hydrogen-bond donors (Lipinski definition) is 1. The molecule has 0 saturated heterocycles. The van der Waals surface area contributed by atoms with Crippen LogP contribution in [-0.2, 0) is 11.3 Å². The van der Waals surface area contributed by atoms with Gasteiger partial charge in [-0.15, -0.1) is 10.2 Å². The molecule has 1 N–H and O–H groups in total. The van der Waals surface area contributed by atoms with Crippen molar-refractivity contribution >= 4 is 33.3 Å². The first-order valence-electron chi connectivity index (χ1n) is 8.52. The number of nitrogens with zero attached hydrogens (tertiary/aromatic N) is 4. The predicted octanol–water partition coefficient (Wildman–Crippen LogP) is 3.72. The van der Waals surface area contributed by atoms with E-state index < -0.39 is 0 Å². The van der Waals surface area contributed by atoms with E-state index in [1.54, 1.807) is 24.3 Å². The Morgan fingerprint density at radius 1 is 1.07 bits per heavy atom. The lowest BCUT2D eigenvalue weighted by Gasteiger charge is -2.05. The molecule has 0 atom stereocenters. The minimum Gasteiger partial charge on any atom is -0.326 e. The average molecular weight is 428 g/mol. The molecule has 1 aromatic heterocycles. The van der Waals surface area contributed by atoms with Crippen molar-refractivity contribution in [2.24, 2.45) is 0 Å². The van der Waals surface area contributed by atoms with Gasteiger partial charge in [0.05, 0.1) is 0 Å². The first-order chi connectivity index (χ1) is 13.0. The molecule has 0 aliphatic heterocycles. The highest BCUT2D eigenvalue weighted by atomic mass is 79.9. The van der Waals surface area contributed by atoms with Crippen molar-refractivity contribution in [3.8, 4) is 11.4 Å². The maximum Gasteiger partial charge on any atom is 0.224 e. The second-order valence-electron chi connectivity index (χ2n) is 5.95. The zero-order chi connectivity index (χ0) is 19.2. The molecule has 1 amide bonds. The van der Waals surface area contributed by atoms with Crippen molar-refractivity contribution < 1.29 is 9.59 Å². The summed E-state index contributed by atoms with van der Waals surface area (Å²) in [6, 6.07) is 14.3. The standard InChI is InChI=1S/C19H18BrN5O2/c1-2-3-18(27)21-16-10-6-13(7-11-16)17(26)12-25-23-19(22-24-25)14-4-8-15(20)9-5-14/h4-11H,2-3,12H2,1H3,(H,21,27). The molecule has 27 heavy (non-hydrogen) atoms. The Morgan fingerprint density at radius 3 is 2.44 bits per heavy atom. The summed E-state index contributed by atoms with van der Waals surface area (Å²) in [7, 11) is 0. The van der Waals surface area contributed by atoms with Crippen molar-refractivity contribution in [1.82, 2.24) is 20.2 Å². The molecule has 0 saturated carbocycles. The van der Waals surface area contributed by atoms with Crippen LogP contribution in [0.25, 0.3) is 11.4 Å². The third-order valence-corrected chi connectivity index (χ3v) is 4.34. The van der Waals surface area contributed by atoms with Crippen molar-refractivity contribution in [3.05, 3.63) is 58.6 Å². The molecule has 3 aromatic rings. The Balaban J connectivity index is 1.63. The van der Waals surface area contributed by atoms with Gasteiger partial charge in [0.1, 0.15) is 6.54 Å². The summed E-state index contributed by atoms with van der Waals surface area (Å²) in [5.41, 5.74) is 2.01. The van der Waals surface area contributed by atoms with Crippen LogP contribution >= 0.6 is 15.9 Å². The third kappa shape index (κ3) is 5.07. The van der Waals surface area contributed by atoms with E-state index in [-0.39, 0.29) is 18.2 Å². The van der Waals surface area contributed by atoms with E-state index in [1.165, 1.54) is 4.80 Å². The van der Waals surface area contributed by atoms with Gasteiger partial charge in [0.15, 0.2) is 5.78 Å². The van der Waals surface area contributed by atoms with Crippen LogP contribution in [0.5, 0.6) is 0 Å². The van der Waals surface area contributed by atoms with Gasteiger partial charge in [-0.2, -0.15) is 4.80 Å². The van der Waals surface area contributed by atoms with E-state index in [1.807, 2.05) is 31.2 Å². The maximum absolute atomic E-state index is 12.4. The number of Topliss-reactive ketones (excluding diaryl/α,β-unsaturated/α-hetero) is 1. The Labute approximate surface area is 164 Å². The van der Waals surface area contributed by atoms with E-state index in [0.717, 1.165) is 16.5 Å². The largest absolute Gasteiger partial charge is 0.326 e. The first kappa shape index (κ1) is 18.9. The van der Waals surface area contributed by atoms with Gasteiger partial charge < -0.3 is 5.32 Å². The fourth-order valence-corrected chi connectivity index (χ4v) is 2.70. The molecule has 0 fully saturated rings. The van der Waals surface area contributed by atoms with Gasteiger partial charge in [-0.25, -0.2) is 0 Å². The van der Waals surface area contributed by atoms with Crippen LogP contribution in [0, 0.1) is 0 Å². The number of hydrogen-bond acceptors (Lipinski definition) is 5. The Morgan fingerprint density at radius 2 is 1.78 bits per heavy atom. The summed E-state index contributed by atoms with van der Waals surface area (Å²) in [6.07, 6.45) is 1.26. The van der Waals surface area contributed by atoms with Crippen LogP contribution < -0.4 is 5.32 Å². The number of ketones is 1. The summed E-state index contributed by atoms with van der Waals surface area (Å²) in [4.78, 5) is 25.3. The average Bonchev–Trinajstić information content (AvgIpc) is 3.11. The van der Waals surface area contributed by atoms with Crippen molar-refractivity contribution in [2.75, 3.05) is 5.32 Å². The van der Waals surface area contributed by atoms with Gasteiger partial charge in [-0.1, -0.05) is 22.9 Å². The minimum atomic E-state index is -0.138. The normalized spacial score (nSPS) is 10.6. The third-order valence-electron chi connectivity index (χ3n) is 3.81. The quantitative estimate of drug-likeness (QED) is 0.580. The van der Waals surface area contributed by atoms with Crippen LogP contribution in [0.15, 0.2) is 53.0 Å². The van der Waals surface area contributed by atoms with Gasteiger partial charge >= 0.3 is 0 Å². The smallest absolute Gasteiger partial charge is 0.224 e. The van der Waals surface area contributed by atoms with Gasteiger partial charge in [0.2, 0.25) is 11.7 Å². The highest BCUT2D eigenvalue weighted by Gasteiger charge is 2.11. The van der Waals surface area contributed by atoms with Crippen LogP contribution in [-0.4, -0.2) is 31.9 Å². The zero-order valence-corrected chi connectivity index (χ0v) is 16.3. The number of anilines is 1. The van der Waals surface area contributed by atoms with Gasteiger partial charge in [-0.3, -0.25) is 9.59 Å². The summed E-state index contributed by atoms with van der Waals surface area (Å²) in [6.45, 7) is 1.94. The first-order valence-corrected chi connectivity index (χ1v) is 9.31. The second kappa shape index (κ2) is 8.68. The minimum absolute atomic E-state index is 0.00886. The molecule has 1 heterocycles. The SMILES string of the molecule is CCCC(=O)Nc1ccc(C(=O)Cn2nnc(-c3ccc(Br)cc3)n2)cc1. The Hall–Kier alpha value is -2.87. The number of benzene rings is 2. The number of nitrogens with one attached hydrogen (secondary N) is 1. The fourth-order valence-electron chi connectivity index (χ4n) is 2.43. The summed E-state index contributed by atoms with van der Waals surface area (Å²) in [5, 5.41) is 15.0. The van der Waals surface area contributed by atoms with Crippen molar-refractivity contribution in [3.63, 3.8) is 0 Å². The van der Waals surface area contributed by atoms with Gasteiger partial charge in [0, 0.05) is 27.7 Å². The molecule has 7 nitrogen and oxygen atoms in total. The van der Waals surface area contributed by atoms with E-state index in [2.05, 4.69) is 36.7 Å². The highest BCUT2D eigenvalue weighted by molar-refractivity contribution is 9.10. The number of aromatic nitrogens is 4. The van der Waals surface area contributed by atoms with Gasteiger partial charge in [0.25, 0.3) is 0 Å². The predicted molar refractivity (Wildman–Crippen MR) is 105 cm³/mol. The fraction of sp³-hybridized carbons (Fsp3) is 0.211. The molecular weight excluding hydrogens is 410 g/mol. The summed E-state index contributed by atoms with van der Waals surface area (Å²) in [5.74, 6) is 0.286. The molecule has 0 aliphatic carbocycles. The monoisotopic (exact) mass is 427 g/mol. The molecule has 0 bridgehead atoms. The number of rotatable bonds is 7. The number of amides is 1. The number of carbonyl (C=O) groups is 2. The molecule has 138 valence electrons. The second-order valence-corrected chi connectivity index (χ2v) is 6.86. The van der Waals surface area contributed by atoms with E-state index >= 15 is 0 Å². The van der Waals surface area contributed by atoms with Crippen LogP contribution in [0.1, 0.15) is 30.1 Å². The number of halogens is 1. The van der Waals surface area contributed by atoms with E-state index in [9.17, 15) is 9.59 Å². The summed E-state index contributed by atoms with van der Waals surface area (Å²) < 4.78 is 0.961. The lowest BCUT2D eigenvalue weighted by Crippen LogP contribution is -2.14. The zero-order valence-electron chi connectivity index (χ0n) is 14.7. The van der Waals surface area contributed by atoms with E-state index in [0.29, 0.717) is 23.5 Å². The van der Waals surface area contributed by atoms with Crippen molar-refractivity contribution in [2.45, 2.75) is 26.3 Å². The number of tetrazole rings is 1. The van der Waals surface area contributed by atoms with Gasteiger partial charge in [-0.05, 0) is 60.2 Å². The molecule has 0 radical (unpaired) electrons.